The van der Waals surface area contributed by atoms with Gasteiger partial charge in [0.05, 0.1) is 17.7 Å². The summed E-state index contributed by atoms with van der Waals surface area (Å²) in [4.78, 5) is 26.8. The van der Waals surface area contributed by atoms with Gasteiger partial charge in [-0.3, -0.25) is 4.79 Å². The third-order valence-electron chi connectivity index (χ3n) is 4.98. The Hall–Kier alpha value is -4.11. The summed E-state index contributed by atoms with van der Waals surface area (Å²) in [5.74, 6) is -0.543. The second-order valence-corrected chi connectivity index (χ2v) is 7.23. The van der Waals surface area contributed by atoms with Crippen molar-refractivity contribution in [2.75, 3.05) is 13.7 Å². The number of hydrogen-bond acceptors (Lipinski definition) is 5. The molecular formula is C26H24N2O4. The van der Waals surface area contributed by atoms with E-state index in [-0.39, 0.29) is 11.9 Å². The summed E-state index contributed by atoms with van der Waals surface area (Å²) in [6, 6.07) is 27.5. The number of rotatable bonds is 8. The quantitative estimate of drug-likeness (QED) is 0.505. The van der Waals surface area contributed by atoms with Gasteiger partial charge >= 0.3 is 5.97 Å². The van der Waals surface area contributed by atoms with Gasteiger partial charge in [-0.25, -0.2) is 4.79 Å². The zero-order valence-corrected chi connectivity index (χ0v) is 18.0. The Balaban J connectivity index is 1.63. The van der Waals surface area contributed by atoms with Crippen LogP contribution in [0.15, 0.2) is 84.9 Å². The van der Waals surface area contributed by atoms with Gasteiger partial charge in [0.1, 0.15) is 5.75 Å². The fraction of sp³-hybridized carbons (Fsp3) is 0.192. The molecule has 0 spiro atoms. The van der Waals surface area contributed by atoms with Crippen LogP contribution in [0.1, 0.15) is 29.7 Å². The molecule has 32 heavy (non-hydrogen) atoms. The standard InChI is InChI=1S/C26H24N2O4/c1-19(32-23-15-13-20(17-27)14-16-23)26(30)31-18-24(29)28(2)25(21-9-5-3-6-10-21)22-11-7-4-8-12-22/h3-16,19,25H,18H2,1-2H3/t19-/m1/s1. The molecule has 6 nitrogen and oxygen atoms in total. The number of esters is 1. The molecule has 0 aliphatic heterocycles. The highest BCUT2D eigenvalue weighted by molar-refractivity contribution is 5.82. The fourth-order valence-corrected chi connectivity index (χ4v) is 3.27. The number of nitrogens with zero attached hydrogens (tertiary/aromatic N) is 2. The van der Waals surface area contributed by atoms with Crippen LogP contribution in [0.5, 0.6) is 5.75 Å². The molecule has 0 aromatic heterocycles. The summed E-state index contributed by atoms with van der Waals surface area (Å²) in [5, 5.41) is 8.85. The Morgan fingerprint density at radius 2 is 1.44 bits per heavy atom. The summed E-state index contributed by atoms with van der Waals surface area (Å²) in [7, 11) is 1.69. The number of amides is 1. The Labute approximate surface area is 187 Å². The predicted molar refractivity (Wildman–Crippen MR) is 120 cm³/mol. The van der Waals surface area contributed by atoms with E-state index in [4.69, 9.17) is 14.7 Å². The minimum absolute atomic E-state index is 0.309. The normalized spacial score (nSPS) is 11.3. The van der Waals surface area contributed by atoms with Gasteiger partial charge in [0.25, 0.3) is 5.91 Å². The van der Waals surface area contributed by atoms with E-state index in [0.717, 1.165) is 11.1 Å². The number of benzene rings is 3. The molecular weight excluding hydrogens is 404 g/mol. The van der Waals surface area contributed by atoms with Crippen molar-refractivity contribution in [3.63, 3.8) is 0 Å². The Morgan fingerprint density at radius 3 is 1.94 bits per heavy atom. The average molecular weight is 428 g/mol. The third kappa shape index (κ3) is 5.73. The minimum Gasteiger partial charge on any atom is -0.479 e. The molecule has 0 radical (unpaired) electrons. The summed E-state index contributed by atoms with van der Waals surface area (Å²) in [6.07, 6.45) is -0.903. The summed E-state index contributed by atoms with van der Waals surface area (Å²) < 4.78 is 10.8. The molecule has 6 heteroatoms. The molecule has 0 N–H and O–H groups in total. The lowest BCUT2D eigenvalue weighted by Crippen LogP contribution is -2.37. The first-order chi connectivity index (χ1) is 15.5. The number of carbonyl (C=O) groups excluding carboxylic acids is 2. The van der Waals surface area contributed by atoms with Crippen LogP contribution in [0.4, 0.5) is 0 Å². The maximum atomic E-state index is 12.9. The van der Waals surface area contributed by atoms with Gasteiger partial charge in [0.15, 0.2) is 12.7 Å². The van der Waals surface area contributed by atoms with Crippen LogP contribution in [0.2, 0.25) is 0 Å². The maximum absolute atomic E-state index is 12.9. The smallest absolute Gasteiger partial charge is 0.347 e. The molecule has 0 saturated heterocycles. The van der Waals surface area contributed by atoms with E-state index in [1.165, 1.54) is 0 Å². The van der Waals surface area contributed by atoms with Crippen LogP contribution in [0.25, 0.3) is 0 Å². The van der Waals surface area contributed by atoms with Gasteiger partial charge < -0.3 is 14.4 Å². The molecule has 3 rings (SSSR count). The van der Waals surface area contributed by atoms with Crippen LogP contribution in [0.3, 0.4) is 0 Å². The van der Waals surface area contributed by atoms with E-state index in [0.29, 0.717) is 11.3 Å². The highest BCUT2D eigenvalue weighted by Gasteiger charge is 2.25. The Bertz CT molecular complexity index is 1040. The summed E-state index contributed by atoms with van der Waals surface area (Å²) in [6.45, 7) is 1.15. The molecule has 1 amide bonds. The highest BCUT2D eigenvalue weighted by Crippen LogP contribution is 2.27. The van der Waals surface area contributed by atoms with Gasteiger partial charge in [-0.15, -0.1) is 0 Å². The maximum Gasteiger partial charge on any atom is 0.347 e. The summed E-state index contributed by atoms with van der Waals surface area (Å²) in [5.41, 5.74) is 2.41. The van der Waals surface area contributed by atoms with Crippen LogP contribution in [-0.2, 0) is 14.3 Å². The molecule has 0 heterocycles. The molecule has 0 aliphatic carbocycles. The Kier molecular flexibility index (Phi) is 7.60. The fourth-order valence-electron chi connectivity index (χ4n) is 3.27. The van der Waals surface area contributed by atoms with E-state index in [2.05, 4.69) is 0 Å². The van der Waals surface area contributed by atoms with Gasteiger partial charge in [0, 0.05) is 7.05 Å². The molecule has 3 aromatic rings. The SMILES string of the molecule is C[C@@H](Oc1ccc(C#N)cc1)C(=O)OCC(=O)N(C)C(c1ccccc1)c1ccccc1. The number of hydrogen-bond donors (Lipinski definition) is 0. The van der Waals surface area contributed by atoms with Crippen molar-refractivity contribution in [3.8, 4) is 11.8 Å². The van der Waals surface area contributed by atoms with Crippen molar-refractivity contribution >= 4 is 11.9 Å². The second kappa shape index (κ2) is 10.8. The number of nitriles is 1. The minimum atomic E-state index is -0.903. The molecule has 0 unspecified atom stereocenters. The van der Waals surface area contributed by atoms with E-state index >= 15 is 0 Å². The molecule has 0 bridgehead atoms. The number of likely N-dealkylation sites (N-methyl/N-ethyl adjacent to an activating group) is 1. The first-order valence-corrected chi connectivity index (χ1v) is 10.2. The Morgan fingerprint density at radius 1 is 0.906 bits per heavy atom. The zero-order chi connectivity index (χ0) is 22.9. The largest absolute Gasteiger partial charge is 0.479 e. The molecule has 0 saturated carbocycles. The van der Waals surface area contributed by atoms with Crippen LogP contribution in [-0.4, -0.2) is 36.5 Å². The summed E-state index contributed by atoms with van der Waals surface area (Å²) >= 11 is 0. The monoisotopic (exact) mass is 428 g/mol. The van der Waals surface area contributed by atoms with E-state index in [9.17, 15) is 9.59 Å². The van der Waals surface area contributed by atoms with Crippen LogP contribution < -0.4 is 4.74 Å². The number of ether oxygens (including phenoxy) is 2. The van der Waals surface area contributed by atoms with E-state index < -0.39 is 18.7 Å². The van der Waals surface area contributed by atoms with Crippen molar-refractivity contribution in [2.24, 2.45) is 0 Å². The van der Waals surface area contributed by atoms with Gasteiger partial charge in [0.2, 0.25) is 0 Å². The van der Waals surface area contributed by atoms with Crippen molar-refractivity contribution in [1.82, 2.24) is 4.90 Å². The topological polar surface area (TPSA) is 79.6 Å². The molecule has 162 valence electrons. The average Bonchev–Trinajstić information content (AvgIpc) is 2.84. The van der Waals surface area contributed by atoms with Gasteiger partial charge in [-0.1, -0.05) is 60.7 Å². The van der Waals surface area contributed by atoms with Crippen molar-refractivity contribution in [2.45, 2.75) is 19.1 Å². The molecule has 3 aromatic carbocycles. The molecule has 1 atom stereocenters. The van der Waals surface area contributed by atoms with Gasteiger partial charge in [-0.05, 0) is 42.3 Å². The van der Waals surface area contributed by atoms with E-state index in [1.807, 2.05) is 66.7 Å². The lowest BCUT2D eigenvalue weighted by Gasteiger charge is -2.29. The van der Waals surface area contributed by atoms with Crippen LogP contribution >= 0.6 is 0 Å². The van der Waals surface area contributed by atoms with Crippen molar-refractivity contribution < 1.29 is 19.1 Å². The first-order valence-electron chi connectivity index (χ1n) is 10.2. The zero-order valence-electron chi connectivity index (χ0n) is 18.0. The number of carbonyl (C=O) groups is 2. The van der Waals surface area contributed by atoms with Gasteiger partial charge in [-0.2, -0.15) is 5.26 Å². The second-order valence-electron chi connectivity index (χ2n) is 7.23. The molecule has 0 fully saturated rings. The van der Waals surface area contributed by atoms with Crippen molar-refractivity contribution in [3.05, 3.63) is 102 Å². The first kappa shape index (κ1) is 22.6. The predicted octanol–water partition coefficient (Wildman–Crippen LogP) is 4.12. The van der Waals surface area contributed by atoms with Crippen LogP contribution in [0, 0.1) is 11.3 Å². The lowest BCUT2D eigenvalue weighted by molar-refractivity contribution is -0.157. The highest BCUT2D eigenvalue weighted by atomic mass is 16.6. The van der Waals surface area contributed by atoms with E-state index in [1.54, 1.807) is 43.1 Å². The lowest BCUT2D eigenvalue weighted by atomic mass is 9.97. The van der Waals surface area contributed by atoms with Crippen molar-refractivity contribution in [1.29, 1.82) is 5.26 Å². The molecule has 0 aliphatic rings. The third-order valence-corrected chi connectivity index (χ3v) is 4.98.